The summed E-state index contributed by atoms with van der Waals surface area (Å²) in [7, 11) is 0. The van der Waals surface area contributed by atoms with Crippen molar-refractivity contribution >= 4 is 17.1 Å². The lowest BCUT2D eigenvalue weighted by Crippen LogP contribution is -2.18. The second kappa shape index (κ2) is 17.1. The maximum absolute atomic E-state index is 6.19. The van der Waals surface area contributed by atoms with Gasteiger partial charge in [-0.05, 0) is 67.8 Å². The van der Waals surface area contributed by atoms with Crippen LogP contribution in [0, 0.1) is 0 Å². The molecule has 1 aliphatic carbocycles. The number of rotatable bonds is 18. The number of benzene rings is 3. The third kappa shape index (κ3) is 10.9. The second-order valence-electron chi connectivity index (χ2n) is 10.6. The van der Waals surface area contributed by atoms with Gasteiger partial charge in [0.25, 0.3) is 0 Å². The molecule has 2 N–H and O–H groups in total. The molecule has 0 saturated heterocycles. The summed E-state index contributed by atoms with van der Waals surface area (Å²) in [5.74, 6) is 3.45. The standard InChI is InChI=1S/C36H46N2O3/c1-3-5-7-9-24-39-34-17-11-14-30(26-34)37-29-20-22-33(23-21-29)41-36-19-13-16-32(28-36)38-31-15-12-18-35(27-31)40-25-10-8-6-4-2/h11-20,22-23,26-29,37-38H,3-10,21,24-25H2,1-2H3. The molecule has 0 saturated carbocycles. The van der Waals surface area contributed by atoms with Crippen LogP contribution in [-0.4, -0.2) is 19.3 Å². The van der Waals surface area contributed by atoms with Crippen molar-refractivity contribution in [2.45, 2.75) is 77.7 Å². The van der Waals surface area contributed by atoms with Gasteiger partial charge in [-0.2, -0.15) is 0 Å². The predicted octanol–water partition coefficient (Wildman–Crippen LogP) is 10.1. The Hall–Kier alpha value is -3.86. The molecule has 0 amide bonds. The van der Waals surface area contributed by atoms with Crippen molar-refractivity contribution in [1.29, 1.82) is 0 Å². The summed E-state index contributed by atoms with van der Waals surface area (Å²) in [5.41, 5.74) is 3.02. The van der Waals surface area contributed by atoms with Crippen LogP contribution in [-0.2, 0) is 0 Å². The van der Waals surface area contributed by atoms with E-state index in [1.165, 1.54) is 38.5 Å². The van der Waals surface area contributed by atoms with Gasteiger partial charge in [-0.3, -0.25) is 0 Å². The maximum Gasteiger partial charge on any atom is 0.129 e. The summed E-state index contributed by atoms with van der Waals surface area (Å²) in [5, 5.41) is 7.07. The van der Waals surface area contributed by atoms with Gasteiger partial charge in [-0.1, -0.05) is 76.6 Å². The van der Waals surface area contributed by atoms with Gasteiger partial charge in [-0.25, -0.2) is 0 Å². The van der Waals surface area contributed by atoms with E-state index in [0.29, 0.717) is 0 Å². The molecule has 0 bridgehead atoms. The maximum atomic E-state index is 6.19. The summed E-state index contributed by atoms with van der Waals surface area (Å²) >= 11 is 0. The van der Waals surface area contributed by atoms with Gasteiger partial charge in [0.05, 0.1) is 13.2 Å². The number of ether oxygens (including phenoxy) is 3. The Morgan fingerprint density at radius 1 is 0.659 bits per heavy atom. The number of allylic oxidation sites excluding steroid dienone is 1. The van der Waals surface area contributed by atoms with Crippen molar-refractivity contribution in [3.63, 3.8) is 0 Å². The van der Waals surface area contributed by atoms with Gasteiger partial charge in [0.15, 0.2) is 0 Å². The Bertz CT molecular complexity index is 1250. The normalized spacial score (nSPS) is 14.3. The molecule has 41 heavy (non-hydrogen) atoms. The lowest BCUT2D eigenvalue weighted by atomic mass is 10.1. The Labute approximate surface area is 246 Å². The quantitative estimate of drug-likeness (QED) is 0.153. The van der Waals surface area contributed by atoms with Crippen molar-refractivity contribution in [2.75, 3.05) is 23.8 Å². The molecule has 0 aromatic heterocycles. The Kier molecular flexibility index (Phi) is 12.5. The van der Waals surface area contributed by atoms with Gasteiger partial charge < -0.3 is 24.8 Å². The summed E-state index contributed by atoms with van der Waals surface area (Å²) in [6.07, 6.45) is 16.8. The highest BCUT2D eigenvalue weighted by molar-refractivity contribution is 5.62. The molecule has 3 aromatic rings. The topological polar surface area (TPSA) is 51.8 Å². The van der Waals surface area contributed by atoms with Crippen LogP contribution in [0.3, 0.4) is 0 Å². The van der Waals surface area contributed by atoms with Gasteiger partial charge in [0, 0.05) is 41.3 Å². The fraction of sp³-hybridized carbons (Fsp3) is 0.389. The monoisotopic (exact) mass is 554 g/mol. The van der Waals surface area contributed by atoms with E-state index < -0.39 is 0 Å². The lowest BCUT2D eigenvalue weighted by molar-refractivity contribution is 0.305. The second-order valence-corrected chi connectivity index (χ2v) is 10.6. The minimum atomic E-state index is 0.205. The third-order valence-corrected chi connectivity index (χ3v) is 6.98. The fourth-order valence-electron chi connectivity index (χ4n) is 4.71. The SMILES string of the molecule is CCCCCCOc1cccc(Nc2cccc(OC3=CCC(Nc4cccc(OCCCCCC)c4)C=C3)c2)c1. The minimum absolute atomic E-state index is 0.205. The van der Waals surface area contributed by atoms with Gasteiger partial charge >= 0.3 is 0 Å². The number of anilines is 3. The van der Waals surface area contributed by atoms with Crippen LogP contribution in [0.1, 0.15) is 71.6 Å². The summed E-state index contributed by atoms with van der Waals surface area (Å²) < 4.78 is 18.1. The number of hydrogen-bond acceptors (Lipinski definition) is 5. The van der Waals surface area contributed by atoms with Gasteiger partial charge in [0.2, 0.25) is 0 Å². The first-order chi connectivity index (χ1) is 20.2. The van der Waals surface area contributed by atoms with E-state index in [2.05, 4.69) is 48.8 Å². The van der Waals surface area contributed by atoms with Crippen LogP contribution in [0.4, 0.5) is 17.1 Å². The van der Waals surface area contributed by atoms with Crippen molar-refractivity contribution in [3.8, 4) is 17.2 Å². The summed E-state index contributed by atoms with van der Waals surface area (Å²) in [6, 6.07) is 24.6. The fourth-order valence-corrected chi connectivity index (χ4v) is 4.71. The van der Waals surface area contributed by atoms with E-state index in [1.54, 1.807) is 0 Å². The molecule has 0 spiro atoms. The molecule has 1 aliphatic rings. The molecule has 1 atom stereocenters. The average molecular weight is 555 g/mol. The van der Waals surface area contributed by atoms with E-state index in [4.69, 9.17) is 14.2 Å². The van der Waals surface area contributed by atoms with Gasteiger partial charge in [-0.15, -0.1) is 0 Å². The van der Waals surface area contributed by atoms with E-state index in [-0.39, 0.29) is 6.04 Å². The molecular weight excluding hydrogens is 508 g/mol. The predicted molar refractivity (Wildman–Crippen MR) is 172 cm³/mol. The number of nitrogens with one attached hydrogen (secondary N) is 2. The molecule has 1 unspecified atom stereocenters. The minimum Gasteiger partial charge on any atom is -0.494 e. The first kappa shape index (κ1) is 30.1. The zero-order valence-electron chi connectivity index (χ0n) is 24.7. The van der Waals surface area contributed by atoms with Crippen LogP contribution < -0.4 is 24.8 Å². The number of unbranched alkanes of at least 4 members (excludes halogenated alkanes) is 6. The molecule has 4 rings (SSSR count). The van der Waals surface area contributed by atoms with Crippen LogP contribution in [0.2, 0.25) is 0 Å². The highest BCUT2D eigenvalue weighted by Gasteiger charge is 2.11. The van der Waals surface area contributed by atoms with Crippen LogP contribution in [0.5, 0.6) is 17.2 Å². The molecule has 5 heteroatoms. The van der Waals surface area contributed by atoms with E-state index in [0.717, 1.165) is 72.5 Å². The summed E-state index contributed by atoms with van der Waals surface area (Å²) in [6.45, 7) is 5.97. The van der Waals surface area contributed by atoms with E-state index in [1.807, 2.05) is 66.7 Å². The van der Waals surface area contributed by atoms with Crippen molar-refractivity contribution in [2.24, 2.45) is 0 Å². The first-order valence-corrected chi connectivity index (χ1v) is 15.4. The average Bonchev–Trinajstić information content (AvgIpc) is 2.99. The smallest absolute Gasteiger partial charge is 0.129 e. The summed E-state index contributed by atoms with van der Waals surface area (Å²) in [4.78, 5) is 0. The molecule has 218 valence electrons. The Morgan fingerprint density at radius 3 is 1.80 bits per heavy atom. The molecule has 0 aliphatic heterocycles. The van der Waals surface area contributed by atoms with Gasteiger partial charge in [0.1, 0.15) is 23.0 Å². The van der Waals surface area contributed by atoms with E-state index >= 15 is 0 Å². The highest BCUT2D eigenvalue weighted by Crippen LogP contribution is 2.27. The Balaban J connectivity index is 1.24. The largest absolute Gasteiger partial charge is 0.494 e. The molecular formula is C36H46N2O3. The zero-order valence-corrected chi connectivity index (χ0v) is 24.7. The van der Waals surface area contributed by atoms with Crippen molar-refractivity contribution < 1.29 is 14.2 Å². The van der Waals surface area contributed by atoms with Crippen LogP contribution >= 0.6 is 0 Å². The van der Waals surface area contributed by atoms with Crippen molar-refractivity contribution in [3.05, 3.63) is 96.8 Å². The van der Waals surface area contributed by atoms with Crippen LogP contribution in [0.25, 0.3) is 0 Å². The Morgan fingerprint density at radius 2 is 1.22 bits per heavy atom. The molecule has 0 fully saturated rings. The molecule has 3 aromatic carbocycles. The highest BCUT2D eigenvalue weighted by atomic mass is 16.5. The molecule has 5 nitrogen and oxygen atoms in total. The first-order valence-electron chi connectivity index (χ1n) is 15.4. The van der Waals surface area contributed by atoms with Crippen molar-refractivity contribution in [1.82, 2.24) is 0 Å². The number of hydrogen-bond donors (Lipinski definition) is 2. The lowest BCUT2D eigenvalue weighted by Gasteiger charge is -2.20. The third-order valence-electron chi connectivity index (χ3n) is 6.98. The zero-order chi connectivity index (χ0) is 28.5. The molecule has 0 heterocycles. The molecule has 0 radical (unpaired) electrons. The van der Waals surface area contributed by atoms with E-state index in [9.17, 15) is 0 Å². The van der Waals surface area contributed by atoms with Crippen LogP contribution in [0.15, 0.2) is 96.8 Å².